The van der Waals surface area contributed by atoms with Crippen LogP contribution in [0.1, 0.15) is 42.5 Å². The van der Waals surface area contributed by atoms with E-state index in [9.17, 15) is 9.59 Å². The van der Waals surface area contributed by atoms with Gasteiger partial charge in [-0.1, -0.05) is 18.2 Å². The van der Waals surface area contributed by atoms with Gasteiger partial charge in [0, 0.05) is 29.7 Å². The smallest absolute Gasteiger partial charge is 0.267 e. The van der Waals surface area contributed by atoms with Crippen LogP contribution in [0.5, 0.6) is 0 Å². The highest BCUT2D eigenvalue weighted by Gasteiger charge is 2.30. The topological polar surface area (TPSA) is 71.0 Å². The number of hydrogen-bond donors (Lipinski definition) is 1. The van der Waals surface area contributed by atoms with Crippen LogP contribution in [0.2, 0.25) is 0 Å². The van der Waals surface area contributed by atoms with Crippen molar-refractivity contribution in [1.82, 2.24) is 19.7 Å². The fourth-order valence-corrected chi connectivity index (χ4v) is 4.83. The first-order valence-corrected chi connectivity index (χ1v) is 10.6. The third kappa shape index (κ3) is 3.48. The SMILES string of the molecule is O=C(Cc1c[nH]c2ccccc12)N1CCCC1Cn1nc2c(cc1=O)CCCC2. The zero-order valence-corrected chi connectivity index (χ0v) is 16.6. The first-order valence-electron chi connectivity index (χ1n) is 10.6. The molecule has 6 nitrogen and oxygen atoms in total. The molecule has 1 fully saturated rings. The summed E-state index contributed by atoms with van der Waals surface area (Å²) in [5, 5.41) is 5.75. The number of aromatic amines is 1. The van der Waals surface area contributed by atoms with Crippen molar-refractivity contribution in [3.05, 3.63) is 63.7 Å². The Morgan fingerprint density at radius 2 is 2.03 bits per heavy atom. The van der Waals surface area contributed by atoms with Crippen LogP contribution in [0.3, 0.4) is 0 Å². The minimum atomic E-state index is -0.0402. The van der Waals surface area contributed by atoms with Gasteiger partial charge in [0.2, 0.25) is 5.91 Å². The molecule has 1 aliphatic carbocycles. The number of nitrogens with zero attached hydrogens (tertiary/aromatic N) is 3. The highest BCUT2D eigenvalue weighted by Crippen LogP contribution is 2.23. The van der Waals surface area contributed by atoms with Gasteiger partial charge in [0.15, 0.2) is 0 Å². The van der Waals surface area contributed by atoms with Crippen molar-refractivity contribution in [2.24, 2.45) is 0 Å². The van der Waals surface area contributed by atoms with E-state index >= 15 is 0 Å². The van der Waals surface area contributed by atoms with Gasteiger partial charge in [-0.05, 0) is 55.7 Å². The van der Waals surface area contributed by atoms with E-state index in [2.05, 4.69) is 10.1 Å². The van der Waals surface area contributed by atoms with E-state index in [1.165, 1.54) is 0 Å². The number of aryl methyl sites for hydroxylation is 2. The molecule has 0 saturated carbocycles. The highest BCUT2D eigenvalue weighted by atomic mass is 16.2. The molecule has 3 aromatic rings. The van der Waals surface area contributed by atoms with E-state index in [1.807, 2.05) is 35.4 Å². The summed E-state index contributed by atoms with van der Waals surface area (Å²) in [6, 6.07) is 9.86. The molecule has 1 unspecified atom stereocenters. The minimum absolute atomic E-state index is 0.0402. The van der Waals surface area contributed by atoms with E-state index in [1.54, 1.807) is 10.7 Å². The number of carbonyl (C=O) groups excluding carboxylic acids is 1. The van der Waals surface area contributed by atoms with Crippen LogP contribution in [0.25, 0.3) is 10.9 Å². The molecular formula is C23H26N4O2. The molecule has 3 heterocycles. The van der Waals surface area contributed by atoms with Crippen molar-refractivity contribution in [3.63, 3.8) is 0 Å². The van der Waals surface area contributed by atoms with Crippen molar-refractivity contribution in [2.45, 2.75) is 57.5 Å². The average Bonchev–Trinajstić information content (AvgIpc) is 3.36. The van der Waals surface area contributed by atoms with Gasteiger partial charge in [-0.2, -0.15) is 5.10 Å². The fraction of sp³-hybridized carbons (Fsp3) is 0.435. The summed E-state index contributed by atoms with van der Waals surface area (Å²) in [5.74, 6) is 0.128. The molecule has 29 heavy (non-hydrogen) atoms. The summed E-state index contributed by atoms with van der Waals surface area (Å²) < 4.78 is 1.59. The molecule has 0 spiro atoms. The summed E-state index contributed by atoms with van der Waals surface area (Å²) in [5.41, 5.74) is 4.21. The van der Waals surface area contributed by atoms with Crippen LogP contribution >= 0.6 is 0 Å². The van der Waals surface area contributed by atoms with Crippen molar-refractivity contribution in [1.29, 1.82) is 0 Å². The third-order valence-electron chi connectivity index (χ3n) is 6.37. The number of para-hydroxylation sites is 1. The van der Waals surface area contributed by atoms with E-state index in [4.69, 9.17) is 0 Å². The number of benzene rings is 1. The van der Waals surface area contributed by atoms with Crippen LogP contribution in [-0.2, 0) is 30.6 Å². The van der Waals surface area contributed by atoms with E-state index in [0.29, 0.717) is 13.0 Å². The molecule has 1 amide bonds. The van der Waals surface area contributed by atoms with Crippen molar-refractivity contribution in [3.8, 4) is 0 Å². The maximum atomic E-state index is 13.1. The molecule has 0 bridgehead atoms. The molecule has 1 aromatic carbocycles. The number of rotatable bonds is 4. The second kappa shape index (κ2) is 7.50. The average molecular weight is 390 g/mol. The number of amides is 1. The number of likely N-dealkylation sites (tertiary alicyclic amines) is 1. The van der Waals surface area contributed by atoms with Crippen molar-refractivity contribution in [2.75, 3.05) is 6.54 Å². The lowest BCUT2D eigenvalue weighted by molar-refractivity contribution is -0.131. The van der Waals surface area contributed by atoms with Crippen LogP contribution in [0.15, 0.2) is 41.3 Å². The predicted molar refractivity (Wildman–Crippen MR) is 112 cm³/mol. The van der Waals surface area contributed by atoms with Gasteiger partial charge in [0.05, 0.1) is 24.7 Å². The minimum Gasteiger partial charge on any atom is -0.361 e. The Balaban J connectivity index is 1.34. The standard InChI is InChI=1S/C23H26N4O2/c28-22(13-17-14-24-21-10-4-2-8-19(17)21)26-11-5-7-18(26)15-27-23(29)12-16-6-1-3-9-20(16)25-27/h2,4,8,10,12,14,18,24H,1,3,5-7,9,11,13,15H2. The first-order chi connectivity index (χ1) is 14.2. The van der Waals surface area contributed by atoms with E-state index in [0.717, 1.165) is 72.8 Å². The van der Waals surface area contributed by atoms with Gasteiger partial charge >= 0.3 is 0 Å². The van der Waals surface area contributed by atoms with Gasteiger partial charge < -0.3 is 9.88 Å². The number of fused-ring (bicyclic) bond motifs is 2. The molecule has 2 aromatic heterocycles. The Morgan fingerprint density at radius 3 is 2.97 bits per heavy atom. The largest absolute Gasteiger partial charge is 0.361 e. The van der Waals surface area contributed by atoms with Crippen molar-refractivity contribution >= 4 is 16.8 Å². The predicted octanol–water partition coefficient (Wildman–Crippen LogP) is 2.84. The van der Waals surface area contributed by atoms with Gasteiger partial charge in [0.25, 0.3) is 5.56 Å². The number of aromatic nitrogens is 3. The second-order valence-electron chi connectivity index (χ2n) is 8.26. The molecule has 1 N–H and O–H groups in total. The van der Waals surface area contributed by atoms with Crippen LogP contribution in [0, 0.1) is 0 Å². The molecule has 150 valence electrons. The molecular weight excluding hydrogens is 364 g/mol. The number of hydrogen-bond acceptors (Lipinski definition) is 3. The van der Waals surface area contributed by atoms with Gasteiger partial charge in [-0.25, -0.2) is 4.68 Å². The molecule has 0 radical (unpaired) electrons. The maximum Gasteiger partial charge on any atom is 0.267 e. The molecule has 1 aliphatic heterocycles. The summed E-state index contributed by atoms with van der Waals surface area (Å²) in [4.78, 5) is 30.8. The van der Waals surface area contributed by atoms with E-state index < -0.39 is 0 Å². The van der Waals surface area contributed by atoms with Crippen LogP contribution in [0.4, 0.5) is 0 Å². The molecule has 1 saturated heterocycles. The third-order valence-corrected chi connectivity index (χ3v) is 6.37. The van der Waals surface area contributed by atoms with E-state index in [-0.39, 0.29) is 17.5 Å². The zero-order chi connectivity index (χ0) is 19.8. The Labute approximate surface area is 169 Å². The number of H-pyrrole nitrogens is 1. The Hall–Kier alpha value is -2.89. The lowest BCUT2D eigenvalue weighted by Gasteiger charge is -2.25. The lowest BCUT2D eigenvalue weighted by Crippen LogP contribution is -2.41. The Morgan fingerprint density at radius 1 is 1.17 bits per heavy atom. The number of carbonyl (C=O) groups is 1. The van der Waals surface area contributed by atoms with Crippen LogP contribution < -0.4 is 5.56 Å². The summed E-state index contributed by atoms with van der Waals surface area (Å²) in [6.07, 6.45) is 8.39. The molecule has 1 atom stereocenters. The first kappa shape index (κ1) is 18.2. The summed E-state index contributed by atoms with van der Waals surface area (Å²) in [7, 11) is 0. The monoisotopic (exact) mass is 390 g/mol. The maximum absolute atomic E-state index is 13.1. The molecule has 5 rings (SSSR count). The summed E-state index contributed by atoms with van der Waals surface area (Å²) >= 11 is 0. The lowest BCUT2D eigenvalue weighted by atomic mass is 9.97. The Bertz CT molecular complexity index is 1110. The second-order valence-corrected chi connectivity index (χ2v) is 8.26. The quantitative estimate of drug-likeness (QED) is 0.745. The molecule has 2 aliphatic rings. The number of nitrogens with one attached hydrogen (secondary N) is 1. The highest BCUT2D eigenvalue weighted by molar-refractivity contribution is 5.89. The van der Waals surface area contributed by atoms with Gasteiger partial charge in [-0.3, -0.25) is 9.59 Å². The molecule has 6 heteroatoms. The van der Waals surface area contributed by atoms with Crippen molar-refractivity contribution < 1.29 is 4.79 Å². The van der Waals surface area contributed by atoms with Gasteiger partial charge in [-0.15, -0.1) is 0 Å². The Kier molecular flexibility index (Phi) is 4.70. The van der Waals surface area contributed by atoms with Gasteiger partial charge in [0.1, 0.15) is 0 Å². The zero-order valence-electron chi connectivity index (χ0n) is 16.6. The van der Waals surface area contributed by atoms with Crippen LogP contribution in [-0.4, -0.2) is 38.2 Å². The normalized spacial score (nSPS) is 18.9. The summed E-state index contributed by atoms with van der Waals surface area (Å²) in [6.45, 7) is 1.25. The fourth-order valence-electron chi connectivity index (χ4n) is 4.83.